The fourth-order valence-corrected chi connectivity index (χ4v) is 5.11. The number of benzene rings is 2. The third-order valence-corrected chi connectivity index (χ3v) is 7.33. The third-order valence-electron chi connectivity index (χ3n) is 6.59. The lowest BCUT2D eigenvalue weighted by Crippen LogP contribution is -2.52. The molecule has 5 nitrogen and oxygen atoms in total. The quantitative estimate of drug-likeness (QED) is 0.561. The lowest BCUT2D eigenvalue weighted by Gasteiger charge is -2.42. The molecule has 0 spiro atoms. The number of aliphatic hydroxyl groups excluding tert-OH is 1. The van der Waals surface area contributed by atoms with Crippen molar-refractivity contribution in [1.29, 1.82) is 0 Å². The third kappa shape index (κ3) is 6.69. The molecule has 4 rings (SSSR count). The van der Waals surface area contributed by atoms with Gasteiger partial charge in [0.05, 0.1) is 11.7 Å². The second-order valence-corrected chi connectivity index (χ2v) is 10.5. The Kier molecular flexibility index (Phi) is 8.13. The van der Waals surface area contributed by atoms with Crippen molar-refractivity contribution in [2.45, 2.75) is 50.5 Å². The van der Waals surface area contributed by atoms with Gasteiger partial charge < -0.3 is 19.8 Å². The monoisotopic (exact) mass is 522 g/mol. The summed E-state index contributed by atoms with van der Waals surface area (Å²) in [5, 5.41) is 21.6. The van der Waals surface area contributed by atoms with Gasteiger partial charge in [0.2, 0.25) is 0 Å². The van der Waals surface area contributed by atoms with Gasteiger partial charge in [-0.25, -0.2) is 0 Å². The average Bonchev–Trinajstić information content (AvgIpc) is 2.78. The van der Waals surface area contributed by atoms with E-state index in [0.29, 0.717) is 13.2 Å². The highest BCUT2D eigenvalue weighted by Gasteiger charge is 2.35. The minimum atomic E-state index is -0.635. The zero-order valence-electron chi connectivity index (χ0n) is 18.4. The van der Waals surface area contributed by atoms with Gasteiger partial charge in [0.15, 0.2) is 0 Å². The maximum absolute atomic E-state index is 11.1. The average molecular weight is 524 g/mol. The Hall–Kier alpha value is -1.15. The number of nitrogens with zero attached hydrogens (tertiary/aromatic N) is 2. The van der Waals surface area contributed by atoms with E-state index >= 15 is 0 Å². The summed E-state index contributed by atoms with van der Waals surface area (Å²) in [4.78, 5) is 4.70. The molecule has 174 valence electrons. The van der Waals surface area contributed by atoms with Crippen molar-refractivity contribution in [3.05, 3.63) is 63.1 Å². The summed E-state index contributed by atoms with van der Waals surface area (Å²) in [6.45, 7) is 5.46. The smallest absolute Gasteiger partial charge is 0.124 e. The first-order valence-electron chi connectivity index (χ1n) is 11.4. The zero-order valence-corrected chi connectivity index (χ0v) is 20.7. The molecule has 0 unspecified atom stereocenters. The van der Waals surface area contributed by atoms with Crippen LogP contribution in [-0.4, -0.2) is 64.4 Å². The van der Waals surface area contributed by atoms with E-state index in [1.807, 2.05) is 36.4 Å². The minimum absolute atomic E-state index is 0.177. The van der Waals surface area contributed by atoms with Crippen molar-refractivity contribution in [2.75, 3.05) is 32.7 Å². The maximum atomic E-state index is 11.1. The molecule has 0 aliphatic carbocycles. The highest BCUT2D eigenvalue weighted by molar-refractivity contribution is 9.10. The van der Waals surface area contributed by atoms with Crippen LogP contribution in [0.2, 0.25) is 5.02 Å². The van der Waals surface area contributed by atoms with Crippen molar-refractivity contribution in [3.8, 4) is 5.75 Å². The van der Waals surface area contributed by atoms with Crippen LogP contribution in [0.25, 0.3) is 0 Å². The topological polar surface area (TPSA) is 56.2 Å². The number of rotatable bonds is 7. The van der Waals surface area contributed by atoms with Crippen LogP contribution in [0.15, 0.2) is 46.9 Å². The number of likely N-dealkylation sites (tertiary alicyclic amines) is 2. The van der Waals surface area contributed by atoms with Crippen molar-refractivity contribution in [2.24, 2.45) is 0 Å². The number of ether oxygens (including phenoxy) is 1. The minimum Gasteiger partial charge on any atom is -0.489 e. The SMILES string of the molecule is OC1CCN(CC2(O)CCN(Cc3cc(Br)ccc3OCc3ccc(Cl)cc3)CC2)CC1. The number of halogens is 2. The highest BCUT2D eigenvalue weighted by atomic mass is 79.9. The molecule has 32 heavy (non-hydrogen) atoms. The van der Waals surface area contributed by atoms with Gasteiger partial charge in [-0.3, -0.25) is 4.90 Å². The summed E-state index contributed by atoms with van der Waals surface area (Å²) >= 11 is 9.57. The molecule has 2 fully saturated rings. The largest absolute Gasteiger partial charge is 0.489 e. The molecule has 2 aliphatic rings. The summed E-state index contributed by atoms with van der Waals surface area (Å²) < 4.78 is 7.18. The van der Waals surface area contributed by atoms with Crippen LogP contribution < -0.4 is 4.74 Å². The Morgan fingerprint density at radius 3 is 2.38 bits per heavy atom. The van der Waals surface area contributed by atoms with Crippen LogP contribution in [-0.2, 0) is 13.2 Å². The van der Waals surface area contributed by atoms with E-state index in [2.05, 4.69) is 31.8 Å². The van der Waals surface area contributed by atoms with Crippen molar-refractivity contribution >= 4 is 27.5 Å². The van der Waals surface area contributed by atoms with E-state index in [0.717, 1.165) is 84.8 Å². The molecule has 0 saturated carbocycles. The molecule has 2 aliphatic heterocycles. The molecule has 2 heterocycles. The van der Waals surface area contributed by atoms with Gasteiger partial charge in [0, 0.05) is 54.3 Å². The van der Waals surface area contributed by atoms with Crippen LogP contribution in [0.3, 0.4) is 0 Å². The lowest BCUT2D eigenvalue weighted by atomic mass is 9.89. The molecular formula is C25H32BrClN2O3. The first-order valence-corrected chi connectivity index (χ1v) is 12.6. The van der Waals surface area contributed by atoms with E-state index in [1.165, 1.54) is 0 Å². The molecule has 2 N–H and O–H groups in total. The van der Waals surface area contributed by atoms with E-state index < -0.39 is 5.60 Å². The Morgan fingerprint density at radius 2 is 1.69 bits per heavy atom. The molecule has 7 heteroatoms. The van der Waals surface area contributed by atoms with Crippen LogP contribution in [0.4, 0.5) is 0 Å². The number of hydrogen-bond acceptors (Lipinski definition) is 5. The van der Waals surface area contributed by atoms with Crippen LogP contribution >= 0.6 is 27.5 Å². The molecular weight excluding hydrogens is 492 g/mol. The number of β-amino-alcohol motifs (C(OH)–C–C–N with tert-alkyl or cyclic N) is 1. The first-order chi connectivity index (χ1) is 15.4. The van der Waals surface area contributed by atoms with Crippen LogP contribution in [0, 0.1) is 0 Å². The molecule has 0 amide bonds. The first kappa shape index (κ1) is 24.0. The Bertz CT molecular complexity index is 879. The molecule has 0 radical (unpaired) electrons. The number of aliphatic hydroxyl groups is 2. The molecule has 0 bridgehead atoms. The van der Waals surface area contributed by atoms with Crippen LogP contribution in [0.1, 0.15) is 36.8 Å². The van der Waals surface area contributed by atoms with E-state index in [9.17, 15) is 10.2 Å². The standard InChI is InChI=1S/C25H32BrClN2O3/c26-21-3-6-24(32-17-19-1-4-22(27)5-2-19)20(15-21)16-28-13-9-25(31,10-14-28)18-29-11-7-23(30)8-12-29/h1-6,15,23,30-31H,7-14,16-18H2. The summed E-state index contributed by atoms with van der Waals surface area (Å²) in [5.41, 5.74) is 1.59. The Morgan fingerprint density at radius 1 is 1.00 bits per heavy atom. The van der Waals surface area contributed by atoms with Crippen molar-refractivity contribution in [1.82, 2.24) is 9.80 Å². The van der Waals surface area contributed by atoms with Gasteiger partial charge in [-0.05, 0) is 61.6 Å². The second-order valence-electron chi connectivity index (χ2n) is 9.17. The summed E-state index contributed by atoms with van der Waals surface area (Å²) in [6.07, 6.45) is 2.97. The van der Waals surface area contributed by atoms with Gasteiger partial charge in [-0.15, -0.1) is 0 Å². The predicted octanol–water partition coefficient (Wildman–Crippen LogP) is 4.47. The fourth-order valence-electron chi connectivity index (χ4n) is 4.57. The molecule has 2 saturated heterocycles. The van der Waals surface area contributed by atoms with Gasteiger partial charge >= 0.3 is 0 Å². The second kappa shape index (κ2) is 10.9. The summed E-state index contributed by atoms with van der Waals surface area (Å²) in [7, 11) is 0. The predicted molar refractivity (Wildman–Crippen MR) is 131 cm³/mol. The van der Waals surface area contributed by atoms with Crippen molar-refractivity contribution in [3.63, 3.8) is 0 Å². The van der Waals surface area contributed by atoms with Gasteiger partial charge in [-0.2, -0.15) is 0 Å². The van der Waals surface area contributed by atoms with Gasteiger partial charge in [0.25, 0.3) is 0 Å². The van der Waals surface area contributed by atoms with Crippen molar-refractivity contribution < 1.29 is 14.9 Å². The number of piperidine rings is 2. The van der Waals surface area contributed by atoms with E-state index in [1.54, 1.807) is 0 Å². The van der Waals surface area contributed by atoms with E-state index in [-0.39, 0.29) is 6.10 Å². The Balaban J connectivity index is 1.32. The van der Waals surface area contributed by atoms with Crippen LogP contribution in [0.5, 0.6) is 5.75 Å². The Labute approximate surface area is 204 Å². The van der Waals surface area contributed by atoms with E-state index in [4.69, 9.17) is 16.3 Å². The maximum Gasteiger partial charge on any atom is 0.124 e. The lowest BCUT2D eigenvalue weighted by molar-refractivity contribution is -0.0557. The van der Waals surface area contributed by atoms with Gasteiger partial charge in [-0.1, -0.05) is 39.7 Å². The highest BCUT2D eigenvalue weighted by Crippen LogP contribution is 2.30. The molecule has 0 aromatic heterocycles. The number of hydrogen-bond donors (Lipinski definition) is 2. The summed E-state index contributed by atoms with van der Waals surface area (Å²) in [5.74, 6) is 0.885. The van der Waals surface area contributed by atoms with Gasteiger partial charge in [0.1, 0.15) is 12.4 Å². The fraction of sp³-hybridized carbons (Fsp3) is 0.520. The normalized spacial score (nSPS) is 20.4. The zero-order chi connectivity index (χ0) is 22.6. The summed E-state index contributed by atoms with van der Waals surface area (Å²) in [6, 6.07) is 13.9. The molecule has 2 aromatic rings. The molecule has 0 atom stereocenters. The molecule has 2 aromatic carbocycles.